The molecule has 0 aliphatic rings. The van der Waals surface area contributed by atoms with Crippen molar-refractivity contribution in [3.8, 4) is 0 Å². The van der Waals surface area contributed by atoms with Crippen molar-refractivity contribution in [1.82, 2.24) is 4.98 Å². The van der Waals surface area contributed by atoms with Crippen molar-refractivity contribution in [3.63, 3.8) is 0 Å². The van der Waals surface area contributed by atoms with E-state index < -0.39 is 6.10 Å². The minimum Gasteiger partial charge on any atom is -0.388 e. The highest BCUT2D eigenvalue weighted by Gasteiger charge is 2.11. The van der Waals surface area contributed by atoms with Gasteiger partial charge in [0.15, 0.2) is 0 Å². The Balaban J connectivity index is 2.17. The Morgan fingerprint density at radius 2 is 2.25 bits per heavy atom. The van der Waals surface area contributed by atoms with Gasteiger partial charge in [-0.25, -0.2) is 4.98 Å². The van der Waals surface area contributed by atoms with Gasteiger partial charge in [-0.15, -0.1) is 11.3 Å². The van der Waals surface area contributed by atoms with Crippen LogP contribution in [0.2, 0.25) is 5.02 Å². The van der Waals surface area contributed by atoms with Gasteiger partial charge in [-0.1, -0.05) is 27.5 Å². The topological polar surface area (TPSA) is 33.1 Å². The van der Waals surface area contributed by atoms with E-state index in [0.29, 0.717) is 11.4 Å². The highest BCUT2D eigenvalue weighted by Crippen LogP contribution is 2.26. The molecule has 84 valence electrons. The molecule has 0 radical (unpaired) electrons. The van der Waals surface area contributed by atoms with Gasteiger partial charge in [0.1, 0.15) is 0 Å². The number of aliphatic hydroxyl groups is 1. The third-order valence-electron chi connectivity index (χ3n) is 2.12. The van der Waals surface area contributed by atoms with Crippen molar-refractivity contribution >= 4 is 38.9 Å². The number of nitrogens with zero attached hydrogens (tertiary/aromatic N) is 1. The molecule has 1 aromatic heterocycles. The molecule has 1 N–H and O–H groups in total. The number of aromatic nitrogens is 1. The van der Waals surface area contributed by atoms with Crippen LogP contribution in [0.1, 0.15) is 16.7 Å². The average Bonchev–Trinajstić information content (AvgIpc) is 2.68. The largest absolute Gasteiger partial charge is 0.388 e. The van der Waals surface area contributed by atoms with Gasteiger partial charge in [-0.05, 0) is 23.8 Å². The molecular weight excluding hydrogens is 310 g/mol. The molecular formula is C11H9BrClNOS. The second-order valence-electron chi connectivity index (χ2n) is 3.35. The minimum absolute atomic E-state index is 0.518. The van der Waals surface area contributed by atoms with Crippen LogP contribution in [-0.2, 0) is 6.42 Å². The van der Waals surface area contributed by atoms with Gasteiger partial charge < -0.3 is 5.11 Å². The van der Waals surface area contributed by atoms with Crippen LogP contribution in [-0.4, -0.2) is 10.1 Å². The normalized spacial score (nSPS) is 12.7. The van der Waals surface area contributed by atoms with E-state index in [9.17, 15) is 5.11 Å². The number of rotatable bonds is 3. The molecule has 0 fully saturated rings. The molecule has 0 saturated heterocycles. The molecule has 2 aromatic rings. The zero-order valence-corrected chi connectivity index (χ0v) is 11.4. The second-order valence-corrected chi connectivity index (χ2v) is 5.68. The third-order valence-corrected chi connectivity index (χ3v) is 3.60. The maximum Gasteiger partial charge on any atom is 0.0954 e. The van der Waals surface area contributed by atoms with Crippen molar-refractivity contribution in [2.24, 2.45) is 0 Å². The Bertz CT molecular complexity index is 455. The smallest absolute Gasteiger partial charge is 0.0954 e. The Labute approximate surface area is 111 Å². The Kier molecular flexibility index (Phi) is 3.97. The summed E-state index contributed by atoms with van der Waals surface area (Å²) in [6, 6.07) is 5.43. The SMILES string of the molecule is OC(Cc1nccs1)c1cc(Cl)cc(Br)c1. The number of benzene rings is 1. The number of aliphatic hydroxyl groups excluding tert-OH is 1. The monoisotopic (exact) mass is 317 g/mol. The molecule has 0 saturated carbocycles. The maximum absolute atomic E-state index is 10.0. The molecule has 5 heteroatoms. The fraction of sp³-hybridized carbons (Fsp3) is 0.182. The van der Waals surface area contributed by atoms with Crippen LogP contribution in [0, 0.1) is 0 Å². The van der Waals surface area contributed by atoms with E-state index in [1.807, 2.05) is 11.4 Å². The predicted octanol–water partition coefficient (Wildman–Crippen LogP) is 3.84. The van der Waals surface area contributed by atoms with Crippen molar-refractivity contribution in [3.05, 3.63) is 49.8 Å². The fourth-order valence-corrected chi connectivity index (χ4v) is 2.95. The lowest BCUT2D eigenvalue weighted by Gasteiger charge is -2.10. The van der Waals surface area contributed by atoms with Crippen LogP contribution in [0.25, 0.3) is 0 Å². The first kappa shape index (κ1) is 12.0. The summed E-state index contributed by atoms with van der Waals surface area (Å²) in [4.78, 5) is 4.14. The summed E-state index contributed by atoms with van der Waals surface area (Å²) in [5, 5.41) is 13.5. The van der Waals surface area contributed by atoms with E-state index in [2.05, 4.69) is 20.9 Å². The predicted molar refractivity (Wildman–Crippen MR) is 69.9 cm³/mol. The molecule has 0 aliphatic heterocycles. The Morgan fingerprint density at radius 3 is 2.88 bits per heavy atom. The Hall–Kier alpha value is -0.420. The zero-order chi connectivity index (χ0) is 11.5. The fourth-order valence-electron chi connectivity index (χ4n) is 1.40. The summed E-state index contributed by atoms with van der Waals surface area (Å²) in [6.45, 7) is 0. The Morgan fingerprint density at radius 1 is 1.44 bits per heavy atom. The molecule has 0 spiro atoms. The quantitative estimate of drug-likeness (QED) is 0.933. The van der Waals surface area contributed by atoms with Crippen LogP contribution in [0.5, 0.6) is 0 Å². The van der Waals surface area contributed by atoms with E-state index in [0.717, 1.165) is 15.0 Å². The molecule has 1 atom stereocenters. The lowest BCUT2D eigenvalue weighted by molar-refractivity contribution is 0.178. The second kappa shape index (κ2) is 5.27. The lowest BCUT2D eigenvalue weighted by Crippen LogP contribution is -2.01. The van der Waals surface area contributed by atoms with E-state index in [1.165, 1.54) is 11.3 Å². The van der Waals surface area contributed by atoms with Crippen LogP contribution in [0.15, 0.2) is 34.2 Å². The van der Waals surface area contributed by atoms with Crippen molar-refractivity contribution in [2.75, 3.05) is 0 Å². The van der Waals surface area contributed by atoms with Gasteiger partial charge in [0.25, 0.3) is 0 Å². The van der Waals surface area contributed by atoms with E-state index >= 15 is 0 Å². The summed E-state index contributed by atoms with van der Waals surface area (Å²) in [5.41, 5.74) is 0.801. The molecule has 16 heavy (non-hydrogen) atoms. The van der Waals surface area contributed by atoms with Crippen LogP contribution >= 0.6 is 38.9 Å². The minimum atomic E-state index is -0.568. The van der Waals surface area contributed by atoms with Crippen molar-refractivity contribution in [1.29, 1.82) is 0 Å². The molecule has 2 rings (SSSR count). The van der Waals surface area contributed by atoms with Crippen LogP contribution in [0.3, 0.4) is 0 Å². The van der Waals surface area contributed by atoms with Gasteiger partial charge >= 0.3 is 0 Å². The lowest BCUT2D eigenvalue weighted by atomic mass is 10.1. The van der Waals surface area contributed by atoms with Crippen LogP contribution in [0.4, 0.5) is 0 Å². The van der Waals surface area contributed by atoms with Gasteiger partial charge in [-0.2, -0.15) is 0 Å². The number of hydrogen-bond acceptors (Lipinski definition) is 3. The highest BCUT2D eigenvalue weighted by molar-refractivity contribution is 9.10. The average molecular weight is 319 g/mol. The molecule has 0 bridgehead atoms. The summed E-state index contributed by atoms with van der Waals surface area (Å²) < 4.78 is 0.869. The molecule has 0 aliphatic carbocycles. The first-order chi connectivity index (χ1) is 7.65. The summed E-state index contributed by atoms with van der Waals surface area (Å²) >= 11 is 10.8. The first-order valence-electron chi connectivity index (χ1n) is 4.67. The number of thiazole rings is 1. The summed E-state index contributed by atoms with van der Waals surface area (Å²) in [6.07, 6.45) is 1.69. The van der Waals surface area contributed by atoms with Gasteiger partial charge in [0.2, 0.25) is 0 Å². The molecule has 1 heterocycles. The zero-order valence-electron chi connectivity index (χ0n) is 8.23. The molecule has 0 amide bonds. The standard InChI is InChI=1S/C11H9BrClNOS/c12-8-3-7(4-9(13)5-8)10(15)6-11-14-1-2-16-11/h1-5,10,15H,6H2. The first-order valence-corrected chi connectivity index (χ1v) is 6.72. The van der Waals surface area contributed by atoms with Gasteiger partial charge in [-0.3, -0.25) is 0 Å². The number of hydrogen-bond donors (Lipinski definition) is 1. The number of halogens is 2. The van der Waals surface area contributed by atoms with E-state index in [-0.39, 0.29) is 0 Å². The highest BCUT2D eigenvalue weighted by atomic mass is 79.9. The molecule has 1 aromatic carbocycles. The molecule has 2 nitrogen and oxygen atoms in total. The van der Waals surface area contributed by atoms with Crippen molar-refractivity contribution in [2.45, 2.75) is 12.5 Å². The van der Waals surface area contributed by atoms with Gasteiger partial charge in [0.05, 0.1) is 11.1 Å². The van der Waals surface area contributed by atoms with Gasteiger partial charge in [0, 0.05) is 27.5 Å². The van der Waals surface area contributed by atoms with E-state index in [4.69, 9.17) is 11.6 Å². The third kappa shape index (κ3) is 3.04. The maximum atomic E-state index is 10.0. The van der Waals surface area contributed by atoms with E-state index in [1.54, 1.807) is 18.3 Å². The summed E-state index contributed by atoms with van der Waals surface area (Å²) in [5.74, 6) is 0. The van der Waals surface area contributed by atoms with Crippen LogP contribution < -0.4 is 0 Å². The van der Waals surface area contributed by atoms with Crippen molar-refractivity contribution < 1.29 is 5.11 Å². The molecule has 1 unspecified atom stereocenters. The summed E-state index contributed by atoms with van der Waals surface area (Å²) in [7, 11) is 0.